The van der Waals surface area contributed by atoms with E-state index in [2.05, 4.69) is 5.32 Å². The molecule has 1 aromatic carbocycles. The van der Waals surface area contributed by atoms with Gasteiger partial charge in [0.05, 0.1) is 12.1 Å². The minimum absolute atomic E-state index is 0.0357. The van der Waals surface area contributed by atoms with Crippen molar-refractivity contribution in [2.24, 2.45) is 0 Å². The molecule has 1 amide bonds. The fourth-order valence-electron chi connectivity index (χ4n) is 2.75. The summed E-state index contributed by atoms with van der Waals surface area (Å²) < 4.78 is 13.2. The zero-order valence-corrected chi connectivity index (χ0v) is 11.8. The Morgan fingerprint density at radius 2 is 2.20 bits per heavy atom. The van der Waals surface area contributed by atoms with Crippen LogP contribution in [0.25, 0.3) is 0 Å². The summed E-state index contributed by atoms with van der Waals surface area (Å²) in [4.78, 5) is 12.0. The fraction of sp³-hybridized carbons (Fsp3) is 0.562. The Kier molecular flexibility index (Phi) is 5.12. The lowest BCUT2D eigenvalue weighted by molar-refractivity contribution is -0.123. The highest BCUT2D eigenvalue weighted by Gasteiger charge is 2.25. The molecule has 110 valence electrons. The summed E-state index contributed by atoms with van der Waals surface area (Å²) in [5.41, 5.74) is 0.823. The minimum atomic E-state index is -0.433. The van der Waals surface area contributed by atoms with Gasteiger partial charge in [-0.3, -0.25) is 4.79 Å². The van der Waals surface area contributed by atoms with Gasteiger partial charge in [0.25, 0.3) is 0 Å². The number of hydrogen-bond donors (Lipinski definition) is 2. The molecule has 1 saturated carbocycles. The van der Waals surface area contributed by atoms with Crippen LogP contribution in [0.3, 0.4) is 0 Å². The molecule has 20 heavy (non-hydrogen) atoms. The molecule has 3 unspecified atom stereocenters. The average Bonchev–Trinajstić information content (AvgIpc) is 2.41. The van der Waals surface area contributed by atoms with Crippen LogP contribution in [0.2, 0.25) is 0 Å². The molecule has 0 heterocycles. The third kappa shape index (κ3) is 4.04. The third-order valence-corrected chi connectivity index (χ3v) is 3.99. The Hall–Kier alpha value is -1.42. The average molecular weight is 279 g/mol. The van der Waals surface area contributed by atoms with E-state index in [-0.39, 0.29) is 23.7 Å². The zero-order chi connectivity index (χ0) is 14.5. The van der Waals surface area contributed by atoms with Crippen molar-refractivity contribution in [1.82, 2.24) is 5.32 Å². The van der Waals surface area contributed by atoms with Crippen LogP contribution in [0.1, 0.15) is 50.5 Å². The summed E-state index contributed by atoms with van der Waals surface area (Å²) >= 11 is 0. The van der Waals surface area contributed by atoms with Crippen molar-refractivity contribution in [2.45, 2.75) is 57.1 Å². The van der Waals surface area contributed by atoms with E-state index in [0.29, 0.717) is 6.42 Å². The number of nitrogens with one attached hydrogen (secondary N) is 1. The van der Waals surface area contributed by atoms with Crippen LogP contribution < -0.4 is 5.32 Å². The lowest BCUT2D eigenvalue weighted by Crippen LogP contribution is -2.45. The maximum absolute atomic E-state index is 13.2. The molecule has 3 atom stereocenters. The van der Waals surface area contributed by atoms with Crippen molar-refractivity contribution in [1.29, 1.82) is 0 Å². The predicted octanol–water partition coefficient (Wildman–Crippen LogP) is 2.74. The zero-order valence-electron chi connectivity index (χ0n) is 11.8. The van der Waals surface area contributed by atoms with E-state index in [1.165, 1.54) is 12.1 Å². The third-order valence-electron chi connectivity index (χ3n) is 3.99. The second kappa shape index (κ2) is 6.84. The van der Waals surface area contributed by atoms with Gasteiger partial charge < -0.3 is 10.4 Å². The van der Waals surface area contributed by atoms with E-state index >= 15 is 0 Å². The number of amides is 1. The van der Waals surface area contributed by atoms with Crippen LogP contribution >= 0.6 is 0 Å². The molecule has 3 nitrogen and oxygen atoms in total. The van der Waals surface area contributed by atoms with Crippen molar-refractivity contribution in [3.63, 3.8) is 0 Å². The van der Waals surface area contributed by atoms with Gasteiger partial charge in [-0.25, -0.2) is 4.39 Å². The first-order chi connectivity index (χ1) is 9.56. The van der Waals surface area contributed by atoms with Crippen LogP contribution in [-0.4, -0.2) is 23.2 Å². The number of aliphatic hydroxyl groups is 1. The molecule has 1 aromatic rings. The second-order valence-electron chi connectivity index (χ2n) is 5.69. The summed E-state index contributed by atoms with van der Waals surface area (Å²) in [7, 11) is 0. The number of halogens is 1. The standard InChI is InChI=1S/C16H22FNO2/c1-11(12-5-4-6-13(17)10-12)9-16(20)18-14-7-2-3-8-15(14)19/h4-6,10-11,14-15,19H,2-3,7-9H2,1H3,(H,18,20). The molecule has 0 radical (unpaired) electrons. The predicted molar refractivity (Wildman–Crippen MR) is 75.8 cm³/mol. The number of hydrogen-bond acceptors (Lipinski definition) is 2. The molecule has 0 saturated heterocycles. The van der Waals surface area contributed by atoms with E-state index in [4.69, 9.17) is 0 Å². The molecule has 0 aliphatic heterocycles. The Morgan fingerprint density at radius 1 is 1.45 bits per heavy atom. The van der Waals surface area contributed by atoms with E-state index < -0.39 is 6.10 Å². The van der Waals surface area contributed by atoms with Gasteiger partial charge in [-0.1, -0.05) is 31.9 Å². The monoisotopic (exact) mass is 279 g/mol. The number of benzene rings is 1. The Morgan fingerprint density at radius 3 is 2.90 bits per heavy atom. The molecule has 0 aromatic heterocycles. The van der Waals surface area contributed by atoms with Crippen LogP contribution in [0.4, 0.5) is 4.39 Å². The van der Waals surface area contributed by atoms with E-state index in [1.807, 2.05) is 13.0 Å². The van der Waals surface area contributed by atoms with Crippen LogP contribution in [0.5, 0.6) is 0 Å². The smallest absolute Gasteiger partial charge is 0.220 e. The lowest BCUT2D eigenvalue weighted by Gasteiger charge is -2.28. The quantitative estimate of drug-likeness (QED) is 0.890. The maximum Gasteiger partial charge on any atom is 0.220 e. The van der Waals surface area contributed by atoms with Crippen molar-refractivity contribution in [3.05, 3.63) is 35.6 Å². The minimum Gasteiger partial charge on any atom is -0.391 e. The van der Waals surface area contributed by atoms with Crippen LogP contribution in [-0.2, 0) is 4.79 Å². The van der Waals surface area contributed by atoms with Gasteiger partial charge in [0.2, 0.25) is 5.91 Å². The number of carbonyl (C=O) groups excluding carboxylic acids is 1. The van der Waals surface area contributed by atoms with Gasteiger partial charge in [0.15, 0.2) is 0 Å². The lowest BCUT2D eigenvalue weighted by atomic mass is 9.92. The highest BCUT2D eigenvalue weighted by Crippen LogP contribution is 2.21. The Bertz CT molecular complexity index is 464. The number of rotatable bonds is 4. The van der Waals surface area contributed by atoms with E-state index in [0.717, 1.165) is 31.2 Å². The molecule has 0 spiro atoms. The van der Waals surface area contributed by atoms with Gasteiger partial charge >= 0.3 is 0 Å². The van der Waals surface area contributed by atoms with Gasteiger partial charge in [-0.05, 0) is 36.5 Å². The molecule has 2 N–H and O–H groups in total. The Labute approximate surface area is 119 Å². The molecule has 0 bridgehead atoms. The van der Waals surface area contributed by atoms with Crippen molar-refractivity contribution in [2.75, 3.05) is 0 Å². The van der Waals surface area contributed by atoms with Gasteiger partial charge in [0.1, 0.15) is 5.82 Å². The molecule has 4 heteroatoms. The molecule has 1 fully saturated rings. The van der Waals surface area contributed by atoms with Crippen LogP contribution in [0.15, 0.2) is 24.3 Å². The second-order valence-corrected chi connectivity index (χ2v) is 5.69. The fourth-order valence-corrected chi connectivity index (χ4v) is 2.75. The van der Waals surface area contributed by atoms with E-state index in [9.17, 15) is 14.3 Å². The van der Waals surface area contributed by atoms with Gasteiger partial charge in [0, 0.05) is 6.42 Å². The topological polar surface area (TPSA) is 49.3 Å². The molecular formula is C16H22FNO2. The summed E-state index contributed by atoms with van der Waals surface area (Å²) in [6, 6.07) is 6.22. The first-order valence-corrected chi connectivity index (χ1v) is 7.29. The van der Waals surface area contributed by atoms with Crippen molar-refractivity contribution < 1.29 is 14.3 Å². The molecule has 1 aliphatic rings. The normalized spacial score (nSPS) is 24.1. The molecular weight excluding hydrogens is 257 g/mol. The summed E-state index contributed by atoms with van der Waals surface area (Å²) in [5, 5.41) is 12.7. The highest BCUT2D eigenvalue weighted by atomic mass is 19.1. The van der Waals surface area contributed by atoms with Crippen molar-refractivity contribution >= 4 is 5.91 Å². The van der Waals surface area contributed by atoms with Gasteiger partial charge in [-0.2, -0.15) is 0 Å². The SMILES string of the molecule is CC(CC(=O)NC1CCCCC1O)c1cccc(F)c1. The Balaban J connectivity index is 1.87. The van der Waals surface area contributed by atoms with Crippen molar-refractivity contribution in [3.8, 4) is 0 Å². The van der Waals surface area contributed by atoms with E-state index in [1.54, 1.807) is 6.07 Å². The molecule has 1 aliphatic carbocycles. The molecule has 2 rings (SSSR count). The maximum atomic E-state index is 13.2. The first kappa shape index (κ1) is 15.0. The number of aliphatic hydroxyl groups excluding tert-OH is 1. The first-order valence-electron chi connectivity index (χ1n) is 7.29. The number of carbonyl (C=O) groups is 1. The largest absolute Gasteiger partial charge is 0.391 e. The summed E-state index contributed by atoms with van der Waals surface area (Å²) in [6.07, 6.45) is 3.53. The summed E-state index contributed by atoms with van der Waals surface area (Å²) in [5.74, 6) is -0.392. The van der Waals surface area contributed by atoms with Crippen LogP contribution in [0, 0.1) is 5.82 Å². The highest BCUT2D eigenvalue weighted by molar-refractivity contribution is 5.77. The van der Waals surface area contributed by atoms with Gasteiger partial charge in [-0.15, -0.1) is 0 Å². The summed E-state index contributed by atoms with van der Waals surface area (Å²) in [6.45, 7) is 1.91.